The van der Waals surface area contributed by atoms with Crippen molar-refractivity contribution in [3.63, 3.8) is 0 Å². The van der Waals surface area contributed by atoms with E-state index < -0.39 is 5.92 Å². The van der Waals surface area contributed by atoms with Crippen LogP contribution in [0.2, 0.25) is 0 Å². The fourth-order valence-electron chi connectivity index (χ4n) is 5.66. The lowest BCUT2D eigenvalue weighted by molar-refractivity contribution is -0.124. The van der Waals surface area contributed by atoms with Crippen molar-refractivity contribution in [2.24, 2.45) is 0 Å². The van der Waals surface area contributed by atoms with Crippen molar-refractivity contribution in [1.82, 2.24) is 10.2 Å². The summed E-state index contributed by atoms with van der Waals surface area (Å²) in [6.45, 7) is 0.488. The molecule has 2 aromatic carbocycles. The van der Waals surface area contributed by atoms with E-state index in [1.165, 1.54) is 0 Å². The van der Waals surface area contributed by atoms with E-state index in [4.69, 9.17) is 9.47 Å². The van der Waals surface area contributed by atoms with E-state index in [1.807, 2.05) is 58.8 Å². The lowest BCUT2D eigenvalue weighted by atomic mass is 9.80. The molecule has 7 heteroatoms. The number of carbonyl (C=O) groups excluding carboxylic acids is 2. The zero-order valence-electron chi connectivity index (χ0n) is 20.7. The maximum Gasteiger partial charge on any atom is 0.254 e. The molecule has 0 bridgehead atoms. The molecule has 0 saturated heterocycles. The van der Waals surface area contributed by atoms with Gasteiger partial charge < -0.3 is 19.7 Å². The molecule has 0 spiro atoms. The monoisotopic (exact) mass is 504 g/mol. The second kappa shape index (κ2) is 10.7. The van der Waals surface area contributed by atoms with E-state index in [0.717, 1.165) is 41.7 Å². The minimum Gasteiger partial charge on any atom is -0.493 e. The standard InChI is InChI=1S/C29H32N2O4S/c1-34-23-14-13-19(18-24(23)35-2)15-16-30-28(32)26-21-10-5-6-11-22(21)29(33)31(20-8-3-4-9-20)27(26)25-12-7-17-36-25/h5-7,10-14,17-18,20,26-27H,3-4,8-9,15-16H2,1-2H3,(H,30,32). The lowest BCUT2D eigenvalue weighted by Gasteiger charge is -2.44. The number of carbonyl (C=O) groups is 2. The summed E-state index contributed by atoms with van der Waals surface area (Å²) in [5.74, 6) is 0.899. The fraction of sp³-hybridized carbons (Fsp3) is 0.379. The molecule has 2 aliphatic rings. The van der Waals surface area contributed by atoms with Gasteiger partial charge in [0, 0.05) is 23.0 Å². The van der Waals surface area contributed by atoms with Gasteiger partial charge in [0.25, 0.3) is 5.91 Å². The third-order valence-corrected chi connectivity index (χ3v) is 8.32. The summed E-state index contributed by atoms with van der Waals surface area (Å²) in [6, 6.07) is 17.4. The van der Waals surface area contributed by atoms with Gasteiger partial charge >= 0.3 is 0 Å². The van der Waals surface area contributed by atoms with Gasteiger partial charge in [-0.05, 0) is 60.0 Å². The van der Waals surface area contributed by atoms with Gasteiger partial charge in [0.15, 0.2) is 11.5 Å². The smallest absolute Gasteiger partial charge is 0.254 e. The fourth-order valence-corrected chi connectivity index (χ4v) is 6.52. The Labute approximate surface area is 216 Å². The number of hydrogen-bond donors (Lipinski definition) is 1. The van der Waals surface area contributed by atoms with Crippen LogP contribution in [0.1, 0.15) is 64.0 Å². The minimum absolute atomic E-state index is 0.0446. The number of rotatable bonds is 8. The molecule has 2 unspecified atom stereocenters. The molecule has 1 aliphatic heterocycles. The van der Waals surface area contributed by atoms with Crippen molar-refractivity contribution in [3.8, 4) is 11.5 Å². The number of ether oxygens (including phenoxy) is 2. The Hall–Kier alpha value is -3.32. The van der Waals surface area contributed by atoms with Crippen LogP contribution in [0.15, 0.2) is 60.0 Å². The van der Waals surface area contributed by atoms with Crippen LogP contribution >= 0.6 is 11.3 Å². The number of amides is 2. The molecule has 1 N–H and O–H groups in total. The van der Waals surface area contributed by atoms with Gasteiger partial charge in [-0.25, -0.2) is 0 Å². The number of hydrogen-bond acceptors (Lipinski definition) is 5. The first-order valence-electron chi connectivity index (χ1n) is 12.6. The average molecular weight is 505 g/mol. The summed E-state index contributed by atoms with van der Waals surface area (Å²) < 4.78 is 10.7. The molecule has 0 radical (unpaired) electrons. The van der Waals surface area contributed by atoms with Crippen molar-refractivity contribution < 1.29 is 19.1 Å². The van der Waals surface area contributed by atoms with E-state index in [0.29, 0.717) is 30.0 Å². The summed E-state index contributed by atoms with van der Waals surface area (Å²) >= 11 is 1.62. The highest BCUT2D eigenvalue weighted by molar-refractivity contribution is 7.10. The van der Waals surface area contributed by atoms with Gasteiger partial charge in [-0.3, -0.25) is 9.59 Å². The molecule has 1 fully saturated rings. The van der Waals surface area contributed by atoms with Crippen molar-refractivity contribution in [1.29, 1.82) is 0 Å². The predicted octanol–water partition coefficient (Wildman–Crippen LogP) is 5.35. The Bertz CT molecular complexity index is 1220. The Morgan fingerprint density at radius 3 is 2.53 bits per heavy atom. The van der Waals surface area contributed by atoms with E-state index in [9.17, 15) is 9.59 Å². The molecule has 6 nitrogen and oxygen atoms in total. The van der Waals surface area contributed by atoms with Gasteiger partial charge in [-0.15, -0.1) is 11.3 Å². The molecular weight excluding hydrogens is 472 g/mol. The Kier molecular flexibility index (Phi) is 7.28. The second-order valence-electron chi connectivity index (χ2n) is 9.41. The third-order valence-electron chi connectivity index (χ3n) is 7.37. The highest BCUT2D eigenvalue weighted by Gasteiger charge is 2.47. The zero-order valence-corrected chi connectivity index (χ0v) is 21.6. The highest BCUT2D eigenvalue weighted by atomic mass is 32.1. The van der Waals surface area contributed by atoms with E-state index >= 15 is 0 Å². The number of methoxy groups -OCH3 is 2. The number of thiophene rings is 1. The van der Waals surface area contributed by atoms with Crippen LogP contribution in [-0.4, -0.2) is 43.5 Å². The van der Waals surface area contributed by atoms with Crippen LogP contribution in [0.4, 0.5) is 0 Å². The van der Waals surface area contributed by atoms with Gasteiger partial charge in [0.2, 0.25) is 5.91 Å². The number of fused-ring (bicyclic) bond motifs is 1. The van der Waals surface area contributed by atoms with Crippen molar-refractivity contribution in [2.75, 3.05) is 20.8 Å². The van der Waals surface area contributed by atoms with Gasteiger partial charge in [-0.1, -0.05) is 43.2 Å². The van der Waals surface area contributed by atoms with Gasteiger partial charge in [-0.2, -0.15) is 0 Å². The van der Waals surface area contributed by atoms with Crippen molar-refractivity contribution in [3.05, 3.63) is 81.5 Å². The second-order valence-corrected chi connectivity index (χ2v) is 10.4. The van der Waals surface area contributed by atoms with E-state index in [1.54, 1.807) is 25.6 Å². The lowest BCUT2D eigenvalue weighted by Crippen LogP contribution is -2.50. The molecule has 1 aliphatic carbocycles. The summed E-state index contributed by atoms with van der Waals surface area (Å²) in [5.41, 5.74) is 2.52. The Balaban J connectivity index is 1.43. The quantitative estimate of drug-likeness (QED) is 0.449. The molecule has 3 aromatic rings. The summed E-state index contributed by atoms with van der Waals surface area (Å²) in [6.07, 6.45) is 4.88. The van der Waals surface area contributed by atoms with Crippen LogP contribution in [0.25, 0.3) is 0 Å². The SMILES string of the molecule is COc1ccc(CCNC(=O)C2c3ccccc3C(=O)N(C3CCCC3)C2c2cccs2)cc1OC. The van der Waals surface area contributed by atoms with Crippen LogP contribution in [0.3, 0.4) is 0 Å². The maximum absolute atomic E-state index is 13.9. The van der Waals surface area contributed by atoms with Crippen molar-refractivity contribution >= 4 is 23.2 Å². The normalized spacial score (nSPS) is 19.7. The molecule has 1 aromatic heterocycles. The molecule has 2 atom stereocenters. The first-order chi connectivity index (χ1) is 17.6. The number of benzene rings is 2. The Morgan fingerprint density at radius 1 is 1.03 bits per heavy atom. The minimum atomic E-state index is -0.455. The first kappa shape index (κ1) is 24.4. The Morgan fingerprint density at radius 2 is 1.81 bits per heavy atom. The summed E-state index contributed by atoms with van der Waals surface area (Å²) in [7, 11) is 3.23. The largest absolute Gasteiger partial charge is 0.493 e. The molecular formula is C29H32N2O4S. The maximum atomic E-state index is 13.9. The van der Waals surface area contributed by atoms with Crippen LogP contribution in [0.5, 0.6) is 11.5 Å². The summed E-state index contributed by atoms with van der Waals surface area (Å²) in [4.78, 5) is 30.7. The highest BCUT2D eigenvalue weighted by Crippen LogP contribution is 2.47. The van der Waals surface area contributed by atoms with E-state index in [2.05, 4.69) is 11.4 Å². The molecule has 188 valence electrons. The predicted molar refractivity (Wildman–Crippen MR) is 141 cm³/mol. The molecule has 2 amide bonds. The molecule has 2 heterocycles. The van der Waals surface area contributed by atoms with Crippen LogP contribution < -0.4 is 14.8 Å². The average Bonchev–Trinajstić information content (AvgIpc) is 3.63. The van der Waals surface area contributed by atoms with Gasteiger partial charge in [0.05, 0.1) is 26.2 Å². The molecule has 36 heavy (non-hydrogen) atoms. The molecule has 5 rings (SSSR count). The first-order valence-corrected chi connectivity index (χ1v) is 13.4. The molecule has 1 saturated carbocycles. The van der Waals surface area contributed by atoms with Gasteiger partial charge in [0.1, 0.15) is 0 Å². The number of nitrogens with one attached hydrogen (secondary N) is 1. The van der Waals surface area contributed by atoms with Crippen LogP contribution in [0, 0.1) is 0 Å². The third kappa shape index (κ3) is 4.60. The summed E-state index contributed by atoms with van der Waals surface area (Å²) in [5, 5.41) is 5.21. The van der Waals surface area contributed by atoms with Crippen LogP contribution in [-0.2, 0) is 11.2 Å². The van der Waals surface area contributed by atoms with Crippen molar-refractivity contribution in [2.45, 2.75) is 50.1 Å². The number of nitrogens with zero attached hydrogens (tertiary/aromatic N) is 1. The van der Waals surface area contributed by atoms with E-state index in [-0.39, 0.29) is 23.9 Å². The topological polar surface area (TPSA) is 67.9 Å². The zero-order chi connectivity index (χ0) is 25.1.